The zero-order valence-electron chi connectivity index (χ0n) is 18.6. The minimum Gasteiger partial charge on any atom is -0.508 e. The second-order valence-corrected chi connectivity index (χ2v) is 8.73. The number of carbonyl (C=O) groups is 2. The normalized spacial score (nSPS) is 15.2. The summed E-state index contributed by atoms with van der Waals surface area (Å²) in [6, 6.07) is 4.73. The summed E-state index contributed by atoms with van der Waals surface area (Å²) >= 11 is 0. The van der Waals surface area contributed by atoms with Crippen LogP contribution in [0.2, 0.25) is 0 Å². The highest BCUT2D eigenvalue weighted by atomic mass is 16.3. The van der Waals surface area contributed by atoms with Gasteiger partial charge in [-0.2, -0.15) is 0 Å². The molecule has 2 rings (SSSR count). The van der Waals surface area contributed by atoms with Gasteiger partial charge in [-0.1, -0.05) is 77.2 Å². The summed E-state index contributed by atoms with van der Waals surface area (Å²) in [4.78, 5) is 25.2. The monoisotopic (exact) mass is 417 g/mol. The Bertz CT molecular complexity index is 657. The number of amides is 2. The Balaban J connectivity index is 1.79. The molecule has 1 aliphatic heterocycles. The van der Waals surface area contributed by atoms with Crippen LogP contribution in [-0.4, -0.2) is 33.5 Å². The van der Waals surface area contributed by atoms with Crippen LogP contribution in [0.1, 0.15) is 96.0 Å². The SMILES string of the molecule is CCCCCCCCCCCC(CCN1C(=O)CCC1=O)Cc1ccc(O)cc1O. The van der Waals surface area contributed by atoms with Gasteiger partial charge in [0.2, 0.25) is 11.8 Å². The number of phenolic OH excluding ortho intramolecular Hbond substituents is 2. The molecular formula is C25H39NO4. The molecule has 0 aliphatic carbocycles. The van der Waals surface area contributed by atoms with E-state index < -0.39 is 0 Å². The molecule has 1 fully saturated rings. The lowest BCUT2D eigenvalue weighted by Crippen LogP contribution is -2.31. The highest BCUT2D eigenvalue weighted by Crippen LogP contribution is 2.28. The number of carbonyl (C=O) groups excluding carboxylic acids is 2. The lowest BCUT2D eigenvalue weighted by Gasteiger charge is -2.21. The first-order valence-corrected chi connectivity index (χ1v) is 11.8. The van der Waals surface area contributed by atoms with Crippen molar-refractivity contribution in [2.75, 3.05) is 6.54 Å². The third-order valence-corrected chi connectivity index (χ3v) is 6.21. The molecule has 0 bridgehead atoms. The summed E-state index contributed by atoms with van der Waals surface area (Å²) < 4.78 is 0. The Labute approximate surface area is 181 Å². The molecule has 5 heteroatoms. The first kappa shape index (κ1) is 24.2. The number of benzene rings is 1. The van der Waals surface area contributed by atoms with Crippen LogP contribution in [-0.2, 0) is 16.0 Å². The van der Waals surface area contributed by atoms with E-state index in [2.05, 4.69) is 6.92 Å². The topological polar surface area (TPSA) is 77.8 Å². The van der Waals surface area contributed by atoms with Crippen molar-refractivity contribution in [2.45, 2.75) is 96.8 Å². The molecule has 1 heterocycles. The van der Waals surface area contributed by atoms with Crippen molar-refractivity contribution in [1.29, 1.82) is 0 Å². The molecule has 0 radical (unpaired) electrons. The molecule has 1 aliphatic rings. The molecule has 0 spiro atoms. The van der Waals surface area contributed by atoms with Crippen LogP contribution in [0.25, 0.3) is 0 Å². The summed E-state index contributed by atoms with van der Waals surface area (Å²) in [5, 5.41) is 19.7. The predicted octanol–water partition coefficient (Wildman–Crippen LogP) is 5.72. The Hall–Kier alpha value is -2.04. The number of imide groups is 1. The second kappa shape index (κ2) is 13.3. The highest BCUT2D eigenvalue weighted by molar-refractivity contribution is 6.01. The Morgan fingerprint density at radius 2 is 1.47 bits per heavy atom. The van der Waals surface area contributed by atoms with Gasteiger partial charge in [0.05, 0.1) is 0 Å². The molecule has 1 saturated heterocycles. The van der Waals surface area contributed by atoms with Gasteiger partial charge in [-0.15, -0.1) is 0 Å². The third-order valence-electron chi connectivity index (χ3n) is 6.21. The van der Waals surface area contributed by atoms with Crippen LogP contribution in [0.3, 0.4) is 0 Å². The van der Waals surface area contributed by atoms with Gasteiger partial charge >= 0.3 is 0 Å². The van der Waals surface area contributed by atoms with Crippen LogP contribution in [0, 0.1) is 5.92 Å². The van der Waals surface area contributed by atoms with E-state index in [0.29, 0.717) is 31.7 Å². The van der Waals surface area contributed by atoms with Crippen molar-refractivity contribution in [2.24, 2.45) is 5.92 Å². The fourth-order valence-electron chi connectivity index (χ4n) is 4.31. The molecule has 1 aromatic rings. The van der Waals surface area contributed by atoms with Crippen LogP contribution in [0.15, 0.2) is 18.2 Å². The second-order valence-electron chi connectivity index (χ2n) is 8.73. The average molecular weight is 418 g/mol. The van der Waals surface area contributed by atoms with Crippen LogP contribution in [0.4, 0.5) is 0 Å². The zero-order chi connectivity index (χ0) is 21.8. The van der Waals surface area contributed by atoms with Crippen molar-refractivity contribution in [3.63, 3.8) is 0 Å². The van der Waals surface area contributed by atoms with Gasteiger partial charge < -0.3 is 10.2 Å². The molecule has 30 heavy (non-hydrogen) atoms. The fourth-order valence-corrected chi connectivity index (χ4v) is 4.31. The summed E-state index contributed by atoms with van der Waals surface area (Å²) in [6.07, 6.45) is 14.7. The standard InChI is InChI=1S/C25H39NO4/c1-2-3-4-5-6-7-8-9-10-11-20(16-17-26-24(29)14-15-25(26)30)18-21-12-13-22(27)19-23(21)28/h12-13,19-20,27-28H,2-11,14-18H2,1H3. The van der Waals surface area contributed by atoms with Gasteiger partial charge in [0.15, 0.2) is 0 Å². The summed E-state index contributed by atoms with van der Waals surface area (Å²) in [7, 11) is 0. The van der Waals surface area contributed by atoms with E-state index in [9.17, 15) is 19.8 Å². The molecule has 1 aromatic carbocycles. The van der Waals surface area contributed by atoms with E-state index in [-0.39, 0.29) is 23.3 Å². The molecule has 2 amide bonds. The smallest absolute Gasteiger partial charge is 0.229 e. The van der Waals surface area contributed by atoms with E-state index in [4.69, 9.17) is 0 Å². The number of likely N-dealkylation sites (tertiary alicyclic amines) is 1. The van der Waals surface area contributed by atoms with Gasteiger partial charge in [-0.25, -0.2) is 0 Å². The van der Waals surface area contributed by atoms with Gasteiger partial charge in [0.1, 0.15) is 11.5 Å². The van der Waals surface area contributed by atoms with Crippen LogP contribution in [0.5, 0.6) is 11.5 Å². The van der Waals surface area contributed by atoms with E-state index >= 15 is 0 Å². The predicted molar refractivity (Wildman–Crippen MR) is 119 cm³/mol. The van der Waals surface area contributed by atoms with E-state index in [0.717, 1.165) is 24.8 Å². The summed E-state index contributed by atoms with van der Waals surface area (Å²) in [6.45, 7) is 2.71. The van der Waals surface area contributed by atoms with E-state index in [1.807, 2.05) is 0 Å². The largest absolute Gasteiger partial charge is 0.508 e. The van der Waals surface area contributed by atoms with Gasteiger partial charge in [-0.05, 0) is 30.4 Å². The highest BCUT2D eigenvalue weighted by Gasteiger charge is 2.29. The summed E-state index contributed by atoms with van der Waals surface area (Å²) in [5.41, 5.74) is 0.813. The quantitative estimate of drug-likeness (QED) is 0.283. The zero-order valence-corrected chi connectivity index (χ0v) is 18.6. The molecule has 0 saturated carbocycles. The van der Waals surface area contributed by atoms with Crippen molar-refractivity contribution in [1.82, 2.24) is 4.90 Å². The Morgan fingerprint density at radius 1 is 0.867 bits per heavy atom. The molecule has 168 valence electrons. The molecule has 1 atom stereocenters. The minimum absolute atomic E-state index is 0.0556. The first-order chi connectivity index (χ1) is 14.5. The fraction of sp³-hybridized carbons (Fsp3) is 0.680. The van der Waals surface area contributed by atoms with Crippen molar-refractivity contribution in [3.05, 3.63) is 23.8 Å². The van der Waals surface area contributed by atoms with Crippen LogP contribution < -0.4 is 0 Å². The molecule has 5 nitrogen and oxygen atoms in total. The lowest BCUT2D eigenvalue weighted by molar-refractivity contribution is -0.138. The Morgan fingerprint density at radius 3 is 2.07 bits per heavy atom. The number of rotatable bonds is 15. The molecule has 2 N–H and O–H groups in total. The number of unbranched alkanes of at least 4 members (excludes halogenated alkanes) is 8. The number of hydrogen-bond acceptors (Lipinski definition) is 4. The Kier molecular flexibility index (Phi) is 10.7. The van der Waals surface area contributed by atoms with Gasteiger partial charge in [0, 0.05) is 25.5 Å². The number of hydrogen-bond donors (Lipinski definition) is 2. The maximum Gasteiger partial charge on any atom is 0.229 e. The summed E-state index contributed by atoms with van der Waals surface area (Å²) in [5.74, 6) is 0.343. The number of aromatic hydroxyl groups is 2. The van der Waals surface area contributed by atoms with Crippen molar-refractivity contribution < 1.29 is 19.8 Å². The minimum atomic E-state index is -0.0608. The molecule has 1 unspecified atom stereocenters. The number of phenols is 2. The first-order valence-electron chi connectivity index (χ1n) is 11.8. The van der Waals surface area contributed by atoms with Gasteiger partial charge in [0.25, 0.3) is 0 Å². The maximum atomic E-state index is 11.9. The van der Waals surface area contributed by atoms with E-state index in [1.165, 1.54) is 62.3 Å². The maximum absolute atomic E-state index is 11.9. The average Bonchev–Trinajstić information content (AvgIpc) is 3.04. The van der Waals surface area contributed by atoms with E-state index in [1.54, 1.807) is 12.1 Å². The third kappa shape index (κ3) is 8.37. The van der Waals surface area contributed by atoms with Crippen molar-refractivity contribution >= 4 is 11.8 Å². The molecule has 0 aromatic heterocycles. The van der Waals surface area contributed by atoms with Gasteiger partial charge in [-0.3, -0.25) is 14.5 Å². The van der Waals surface area contributed by atoms with Crippen molar-refractivity contribution in [3.8, 4) is 11.5 Å². The van der Waals surface area contributed by atoms with Crippen LogP contribution >= 0.6 is 0 Å². The molecular weight excluding hydrogens is 378 g/mol. The lowest BCUT2D eigenvalue weighted by atomic mass is 9.90. The number of nitrogens with zero attached hydrogens (tertiary/aromatic N) is 1.